The smallest absolute Gasteiger partial charge is 0.166 e. The van der Waals surface area contributed by atoms with Crippen molar-refractivity contribution >= 4 is 12.2 Å². The van der Waals surface area contributed by atoms with Gasteiger partial charge in [0.25, 0.3) is 0 Å². The Kier molecular flexibility index (Phi) is 7.56. The van der Waals surface area contributed by atoms with Crippen LogP contribution >= 0.6 is 0 Å². The molecule has 0 saturated heterocycles. The molecular formula is C30H29F3O. The predicted molar refractivity (Wildman–Crippen MR) is 133 cm³/mol. The van der Waals surface area contributed by atoms with Gasteiger partial charge in [-0.1, -0.05) is 67.3 Å². The van der Waals surface area contributed by atoms with Crippen LogP contribution in [0.3, 0.4) is 0 Å². The Morgan fingerprint density at radius 2 is 1.59 bits per heavy atom. The largest absolute Gasteiger partial charge is 0.491 e. The third-order valence-corrected chi connectivity index (χ3v) is 6.60. The summed E-state index contributed by atoms with van der Waals surface area (Å²) in [6.45, 7) is 5.96. The molecule has 1 saturated carbocycles. The minimum Gasteiger partial charge on any atom is -0.491 e. The molecule has 0 aromatic heterocycles. The highest BCUT2D eigenvalue weighted by Gasteiger charge is 2.25. The fourth-order valence-electron chi connectivity index (χ4n) is 4.66. The molecule has 1 nitrogen and oxygen atoms in total. The Hall–Kier alpha value is -3.27. The van der Waals surface area contributed by atoms with Crippen LogP contribution in [-0.2, 0) is 0 Å². The molecule has 3 aromatic rings. The van der Waals surface area contributed by atoms with E-state index < -0.39 is 11.6 Å². The molecule has 0 spiro atoms. The standard InChI is InChI=1S/C30H29F3O/c1-3-20-7-12-23(13-8-20)25-16-17-26(30(33)29(25)32)24-14-9-21(10-15-24)5-6-22-11-18-28(34-4-2)27(31)19-22/h3,5-8,11-13,16-19,21,24H,1,4,9-10,14-15H2,2H3/b6-5+. The van der Waals surface area contributed by atoms with Crippen molar-refractivity contribution < 1.29 is 17.9 Å². The zero-order valence-electron chi connectivity index (χ0n) is 19.4. The summed E-state index contributed by atoms with van der Waals surface area (Å²) in [6, 6.07) is 15.6. The summed E-state index contributed by atoms with van der Waals surface area (Å²) >= 11 is 0. The van der Waals surface area contributed by atoms with E-state index in [0.717, 1.165) is 36.8 Å². The van der Waals surface area contributed by atoms with Crippen molar-refractivity contribution in [1.82, 2.24) is 0 Å². The van der Waals surface area contributed by atoms with Crippen LogP contribution in [0.4, 0.5) is 13.2 Å². The van der Waals surface area contributed by atoms with Gasteiger partial charge in [-0.05, 0) is 78.8 Å². The van der Waals surface area contributed by atoms with E-state index in [0.29, 0.717) is 23.7 Å². The lowest BCUT2D eigenvalue weighted by Crippen LogP contribution is -2.13. The molecular weight excluding hydrogens is 433 g/mol. The number of hydrogen-bond acceptors (Lipinski definition) is 1. The van der Waals surface area contributed by atoms with Gasteiger partial charge in [-0.15, -0.1) is 0 Å². The van der Waals surface area contributed by atoms with E-state index >= 15 is 4.39 Å². The molecule has 0 atom stereocenters. The van der Waals surface area contributed by atoms with E-state index in [1.54, 1.807) is 36.4 Å². The zero-order valence-corrected chi connectivity index (χ0v) is 19.4. The van der Waals surface area contributed by atoms with Crippen LogP contribution in [0.5, 0.6) is 5.75 Å². The van der Waals surface area contributed by atoms with Crippen molar-refractivity contribution in [3.8, 4) is 16.9 Å². The first kappa shape index (κ1) is 23.9. The second-order valence-electron chi connectivity index (χ2n) is 8.75. The second-order valence-corrected chi connectivity index (χ2v) is 8.75. The van der Waals surface area contributed by atoms with Crippen LogP contribution in [-0.4, -0.2) is 6.61 Å². The van der Waals surface area contributed by atoms with E-state index in [4.69, 9.17) is 4.74 Å². The van der Waals surface area contributed by atoms with Crippen LogP contribution in [0.15, 0.2) is 67.3 Å². The number of hydrogen-bond donors (Lipinski definition) is 0. The van der Waals surface area contributed by atoms with E-state index in [1.807, 2.05) is 31.2 Å². The van der Waals surface area contributed by atoms with Gasteiger partial charge in [-0.25, -0.2) is 13.2 Å². The van der Waals surface area contributed by atoms with Gasteiger partial charge in [0, 0.05) is 5.56 Å². The molecule has 0 aliphatic heterocycles. The maximum Gasteiger partial charge on any atom is 0.166 e. The minimum atomic E-state index is -0.789. The summed E-state index contributed by atoms with van der Waals surface area (Å²) in [5.74, 6) is -1.31. The average molecular weight is 463 g/mol. The van der Waals surface area contributed by atoms with Crippen molar-refractivity contribution in [3.63, 3.8) is 0 Å². The summed E-state index contributed by atoms with van der Waals surface area (Å²) in [6.07, 6.45) is 9.08. The Balaban J connectivity index is 1.41. The molecule has 0 amide bonds. The van der Waals surface area contributed by atoms with E-state index in [9.17, 15) is 8.78 Å². The molecule has 4 heteroatoms. The summed E-state index contributed by atoms with van der Waals surface area (Å²) < 4.78 is 49.2. The van der Waals surface area contributed by atoms with Gasteiger partial charge in [-0.2, -0.15) is 0 Å². The summed E-state index contributed by atoms with van der Waals surface area (Å²) in [5.41, 5.74) is 3.09. The molecule has 34 heavy (non-hydrogen) atoms. The molecule has 1 aliphatic rings. The number of ether oxygens (including phenoxy) is 1. The molecule has 0 unspecified atom stereocenters. The van der Waals surface area contributed by atoms with Gasteiger partial charge in [0.15, 0.2) is 23.2 Å². The fraction of sp³-hybridized carbons (Fsp3) is 0.267. The van der Waals surface area contributed by atoms with Gasteiger partial charge in [0.2, 0.25) is 0 Å². The molecule has 1 aliphatic carbocycles. The summed E-state index contributed by atoms with van der Waals surface area (Å²) in [4.78, 5) is 0. The maximum absolute atomic E-state index is 15.0. The summed E-state index contributed by atoms with van der Waals surface area (Å²) in [7, 11) is 0. The first-order valence-corrected chi connectivity index (χ1v) is 11.8. The lowest BCUT2D eigenvalue weighted by atomic mass is 9.78. The summed E-state index contributed by atoms with van der Waals surface area (Å²) in [5, 5.41) is 0. The zero-order chi connectivity index (χ0) is 24.1. The maximum atomic E-state index is 15.0. The van der Waals surface area contributed by atoms with Crippen LogP contribution in [0.1, 0.15) is 55.2 Å². The van der Waals surface area contributed by atoms with Crippen molar-refractivity contribution in [2.24, 2.45) is 5.92 Å². The van der Waals surface area contributed by atoms with Crippen LogP contribution in [0.2, 0.25) is 0 Å². The Bertz CT molecular complexity index is 1170. The highest BCUT2D eigenvalue weighted by atomic mass is 19.2. The first-order valence-electron chi connectivity index (χ1n) is 11.8. The van der Waals surface area contributed by atoms with Gasteiger partial charge >= 0.3 is 0 Å². The molecule has 0 heterocycles. The Labute approximate surface area is 199 Å². The number of halogens is 3. The highest BCUT2D eigenvalue weighted by Crippen LogP contribution is 2.39. The van der Waals surface area contributed by atoms with E-state index in [2.05, 4.69) is 12.7 Å². The van der Waals surface area contributed by atoms with Gasteiger partial charge < -0.3 is 4.74 Å². The third kappa shape index (κ3) is 5.27. The van der Waals surface area contributed by atoms with Crippen LogP contribution in [0, 0.1) is 23.4 Å². The second kappa shape index (κ2) is 10.8. The quantitative estimate of drug-likeness (QED) is 0.341. The fourth-order valence-corrected chi connectivity index (χ4v) is 4.66. The normalized spacial score (nSPS) is 18.2. The first-order chi connectivity index (χ1) is 16.5. The minimum absolute atomic E-state index is 0.000683. The monoisotopic (exact) mass is 462 g/mol. The number of allylic oxidation sites excluding steroid dienone is 1. The van der Waals surface area contributed by atoms with Gasteiger partial charge in [0.1, 0.15) is 0 Å². The lowest BCUT2D eigenvalue weighted by molar-refractivity contribution is 0.321. The number of rotatable bonds is 7. The van der Waals surface area contributed by atoms with Crippen LogP contribution in [0.25, 0.3) is 23.3 Å². The van der Waals surface area contributed by atoms with Crippen LogP contribution < -0.4 is 4.74 Å². The highest BCUT2D eigenvalue weighted by molar-refractivity contribution is 5.66. The SMILES string of the molecule is C=Cc1ccc(-c2ccc(C3CCC(/C=C/c4ccc(OCC)c(F)c4)CC3)c(F)c2F)cc1. The lowest BCUT2D eigenvalue weighted by Gasteiger charge is -2.27. The predicted octanol–water partition coefficient (Wildman–Crippen LogP) is 8.80. The average Bonchev–Trinajstić information content (AvgIpc) is 2.86. The molecule has 0 bridgehead atoms. The van der Waals surface area contributed by atoms with Crippen molar-refractivity contribution in [3.05, 3.63) is 101 Å². The van der Waals surface area contributed by atoms with Crippen molar-refractivity contribution in [2.45, 2.75) is 38.5 Å². The van der Waals surface area contributed by atoms with Crippen molar-refractivity contribution in [1.29, 1.82) is 0 Å². The van der Waals surface area contributed by atoms with E-state index in [-0.39, 0.29) is 23.0 Å². The topological polar surface area (TPSA) is 9.23 Å². The van der Waals surface area contributed by atoms with E-state index in [1.165, 1.54) is 6.07 Å². The molecule has 176 valence electrons. The van der Waals surface area contributed by atoms with Crippen molar-refractivity contribution in [2.75, 3.05) is 6.61 Å². The Morgan fingerprint density at radius 3 is 2.24 bits per heavy atom. The molecule has 0 N–H and O–H groups in total. The number of benzene rings is 3. The van der Waals surface area contributed by atoms with Gasteiger partial charge in [0.05, 0.1) is 6.61 Å². The molecule has 0 radical (unpaired) electrons. The molecule has 1 fully saturated rings. The Morgan fingerprint density at radius 1 is 0.882 bits per heavy atom. The molecule has 4 rings (SSSR count). The van der Waals surface area contributed by atoms with Gasteiger partial charge in [-0.3, -0.25) is 0 Å². The molecule has 3 aromatic carbocycles. The third-order valence-electron chi connectivity index (χ3n) is 6.60.